The number of pyridine rings is 1. The van der Waals surface area contributed by atoms with Crippen molar-refractivity contribution >= 4 is 24.6 Å². The van der Waals surface area contributed by atoms with E-state index in [1.807, 2.05) is 0 Å². The number of nitrogens with zero attached hydrogens (tertiary/aromatic N) is 1. The van der Waals surface area contributed by atoms with Crippen molar-refractivity contribution in [3.8, 4) is 0 Å². The third-order valence-electron chi connectivity index (χ3n) is 0.872. The molecule has 0 unspecified atom stereocenters. The molecular formula is C6H9ClN2O2. The third kappa shape index (κ3) is 4.30. The predicted octanol–water partition coefficient (Wildman–Crippen LogP) is 0.247. The first-order valence-electron chi connectivity index (χ1n) is 2.54. The van der Waals surface area contributed by atoms with Crippen LogP contribution in [0.3, 0.4) is 0 Å². The van der Waals surface area contributed by atoms with Gasteiger partial charge in [-0.2, -0.15) is 0 Å². The second-order valence-electron chi connectivity index (χ2n) is 1.48. The normalized spacial score (nSPS) is 6.91. The summed E-state index contributed by atoms with van der Waals surface area (Å²) in [6.07, 6.45) is 2.22. The number of amides is 1. The molecule has 1 amide bonds. The highest BCUT2D eigenvalue weighted by atomic mass is 35.5. The molecule has 5 heteroatoms. The number of rotatable bonds is 2. The zero-order chi connectivity index (χ0) is 6.53. The molecule has 4 nitrogen and oxygen atoms in total. The lowest BCUT2D eigenvalue weighted by atomic mass is 10.5. The summed E-state index contributed by atoms with van der Waals surface area (Å²) in [6, 6.07) is 5.31. The molecule has 0 spiro atoms. The van der Waals surface area contributed by atoms with Crippen LogP contribution in [-0.4, -0.2) is 16.9 Å². The van der Waals surface area contributed by atoms with Gasteiger partial charge in [-0.1, -0.05) is 6.07 Å². The maximum atomic E-state index is 9.82. The van der Waals surface area contributed by atoms with Gasteiger partial charge in [0.2, 0.25) is 6.41 Å². The number of aromatic nitrogens is 1. The summed E-state index contributed by atoms with van der Waals surface area (Å²) in [7, 11) is 0. The molecule has 0 saturated heterocycles. The van der Waals surface area contributed by atoms with E-state index < -0.39 is 0 Å². The molecule has 0 aromatic carbocycles. The summed E-state index contributed by atoms with van der Waals surface area (Å²) >= 11 is 0. The molecule has 11 heavy (non-hydrogen) atoms. The van der Waals surface area contributed by atoms with E-state index in [0.29, 0.717) is 12.2 Å². The zero-order valence-electron chi connectivity index (χ0n) is 5.65. The third-order valence-corrected chi connectivity index (χ3v) is 0.872. The fraction of sp³-hybridized carbons (Fsp3) is 0. The van der Waals surface area contributed by atoms with E-state index in [1.165, 1.54) is 0 Å². The molecule has 0 aliphatic rings. The lowest BCUT2D eigenvalue weighted by Gasteiger charge is -1.91. The highest BCUT2D eigenvalue weighted by Gasteiger charge is 1.83. The molecule has 0 radical (unpaired) electrons. The van der Waals surface area contributed by atoms with E-state index in [9.17, 15) is 4.79 Å². The summed E-state index contributed by atoms with van der Waals surface area (Å²) in [6.45, 7) is 0. The van der Waals surface area contributed by atoms with Gasteiger partial charge in [0.25, 0.3) is 0 Å². The minimum absolute atomic E-state index is 0. The number of anilines is 1. The smallest absolute Gasteiger partial charge is 0.212 e. The highest BCUT2D eigenvalue weighted by molar-refractivity contribution is 5.85. The van der Waals surface area contributed by atoms with Crippen LogP contribution in [0.1, 0.15) is 0 Å². The first kappa shape index (κ1) is 12.5. The zero-order valence-corrected chi connectivity index (χ0v) is 6.47. The summed E-state index contributed by atoms with van der Waals surface area (Å²) in [4.78, 5) is 13.6. The molecule has 1 aromatic rings. The Morgan fingerprint density at radius 2 is 2.18 bits per heavy atom. The van der Waals surface area contributed by atoms with Crippen LogP contribution < -0.4 is 5.32 Å². The monoisotopic (exact) mass is 176 g/mol. The van der Waals surface area contributed by atoms with Crippen molar-refractivity contribution in [1.82, 2.24) is 4.98 Å². The van der Waals surface area contributed by atoms with E-state index in [-0.39, 0.29) is 17.9 Å². The van der Waals surface area contributed by atoms with Gasteiger partial charge in [-0.3, -0.25) is 4.79 Å². The first-order chi connectivity index (χ1) is 4.43. The Hall–Kier alpha value is -1.13. The molecule has 3 N–H and O–H groups in total. The number of hydrogen-bond acceptors (Lipinski definition) is 2. The van der Waals surface area contributed by atoms with Gasteiger partial charge in [0.15, 0.2) is 0 Å². The minimum atomic E-state index is 0. The minimum Gasteiger partial charge on any atom is -0.412 e. The van der Waals surface area contributed by atoms with Crippen molar-refractivity contribution < 1.29 is 10.3 Å². The van der Waals surface area contributed by atoms with Gasteiger partial charge in [-0.25, -0.2) is 4.98 Å². The lowest BCUT2D eigenvalue weighted by Crippen LogP contribution is -1.94. The molecule has 62 valence electrons. The Balaban J connectivity index is 0. The number of nitrogens with one attached hydrogen (secondary N) is 1. The van der Waals surface area contributed by atoms with E-state index >= 15 is 0 Å². The molecule has 1 aromatic heterocycles. The Morgan fingerprint density at radius 1 is 1.45 bits per heavy atom. The van der Waals surface area contributed by atoms with Gasteiger partial charge in [0.05, 0.1) is 0 Å². The fourth-order valence-corrected chi connectivity index (χ4v) is 0.509. The lowest BCUT2D eigenvalue weighted by molar-refractivity contribution is -0.105. The first-order valence-corrected chi connectivity index (χ1v) is 2.54. The molecule has 0 saturated carbocycles. The Bertz CT molecular complexity index is 193. The van der Waals surface area contributed by atoms with E-state index in [2.05, 4.69) is 10.3 Å². The van der Waals surface area contributed by atoms with Crippen LogP contribution in [-0.2, 0) is 4.79 Å². The Labute approximate surface area is 70.4 Å². The maximum absolute atomic E-state index is 9.82. The van der Waals surface area contributed by atoms with Crippen LogP contribution in [0.4, 0.5) is 5.82 Å². The van der Waals surface area contributed by atoms with Gasteiger partial charge in [0.1, 0.15) is 5.82 Å². The van der Waals surface area contributed by atoms with E-state index in [1.54, 1.807) is 24.4 Å². The van der Waals surface area contributed by atoms with Crippen molar-refractivity contribution in [1.29, 1.82) is 0 Å². The van der Waals surface area contributed by atoms with Crippen LogP contribution in [0.5, 0.6) is 0 Å². The SMILES string of the molecule is Cl.O.O=CNc1ccccn1. The number of halogens is 1. The van der Waals surface area contributed by atoms with Crippen molar-refractivity contribution in [2.45, 2.75) is 0 Å². The summed E-state index contributed by atoms with van der Waals surface area (Å²) in [5, 5.41) is 2.42. The van der Waals surface area contributed by atoms with E-state index in [4.69, 9.17) is 0 Å². The van der Waals surface area contributed by atoms with E-state index in [0.717, 1.165) is 0 Å². The fourth-order valence-electron chi connectivity index (χ4n) is 0.509. The van der Waals surface area contributed by atoms with Crippen LogP contribution in [0.25, 0.3) is 0 Å². The van der Waals surface area contributed by atoms with Crippen LogP contribution in [0, 0.1) is 0 Å². The topological polar surface area (TPSA) is 73.5 Å². The summed E-state index contributed by atoms with van der Waals surface area (Å²) in [5.74, 6) is 0.576. The quantitative estimate of drug-likeness (QED) is 0.656. The van der Waals surface area contributed by atoms with Crippen LogP contribution >= 0.6 is 12.4 Å². The number of carbonyl (C=O) groups is 1. The Kier molecular flexibility index (Phi) is 7.96. The molecule has 1 rings (SSSR count). The Morgan fingerprint density at radius 3 is 2.64 bits per heavy atom. The standard InChI is InChI=1S/C6H6N2O.ClH.H2O/c9-5-8-6-3-1-2-4-7-6;;/h1-5H,(H,7,8,9);1H;1H2. The molecular weight excluding hydrogens is 168 g/mol. The molecule has 0 aliphatic carbocycles. The predicted molar refractivity (Wildman–Crippen MR) is 44.8 cm³/mol. The van der Waals surface area contributed by atoms with Gasteiger partial charge >= 0.3 is 0 Å². The molecule has 0 aliphatic heterocycles. The van der Waals surface area contributed by atoms with Gasteiger partial charge < -0.3 is 10.8 Å². The summed E-state index contributed by atoms with van der Waals surface area (Å²) in [5.41, 5.74) is 0. The van der Waals surface area contributed by atoms with Crippen molar-refractivity contribution in [3.63, 3.8) is 0 Å². The second-order valence-corrected chi connectivity index (χ2v) is 1.48. The van der Waals surface area contributed by atoms with Crippen molar-refractivity contribution in [3.05, 3.63) is 24.4 Å². The number of hydrogen-bond donors (Lipinski definition) is 1. The van der Waals surface area contributed by atoms with Crippen LogP contribution in [0.2, 0.25) is 0 Å². The average Bonchev–Trinajstić information content (AvgIpc) is 1.91. The van der Waals surface area contributed by atoms with Crippen molar-refractivity contribution in [2.24, 2.45) is 0 Å². The molecule has 0 atom stereocenters. The molecule has 1 heterocycles. The van der Waals surface area contributed by atoms with Crippen LogP contribution in [0.15, 0.2) is 24.4 Å². The van der Waals surface area contributed by atoms with Gasteiger partial charge in [0, 0.05) is 6.20 Å². The molecule has 0 fully saturated rings. The van der Waals surface area contributed by atoms with Gasteiger partial charge in [-0.05, 0) is 12.1 Å². The summed E-state index contributed by atoms with van der Waals surface area (Å²) < 4.78 is 0. The molecule has 0 bridgehead atoms. The highest BCUT2D eigenvalue weighted by Crippen LogP contribution is 1.95. The maximum Gasteiger partial charge on any atom is 0.212 e. The number of carbonyl (C=O) groups excluding carboxylic acids is 1. The van der Waals surface area contributed by atoms with Gasteiger partial charge in [-0.15, -0.1) is 12.4 Å². The van der Waals surface area contributed by atoms with Crippen molar-refractivity contribution in [2.75, 3.05) is 5.32 Å². The largest absolute Gasteiger partial charge is 0.412 e. The average molecular weight is 177 g/mol. The second kappa shape index (κ2) is 6.98.